The Labute approximate surface area is 115 Å². The topological polar surface area (TPSA) is 58.6 Å². The molecule has 1 heterocycles. The highest BCUT2D eigenvalue weighted by Crippen LogP contribution is 2.08. The molecule has 5 nitrogen and oxygen atoms in total. The van der Waals surface area contributed by atoms with Gasteiger partial charge in [0.2, 0.25) is 11.8 Å². The molecule has 0 radical (unpaired) electrons. The third-order valence-electron chi connectivity index (χ3n) is 3.10. The summed E-state index contributed by atoms with van der Waals surface area (Å²) in [6, 6.07) is -0.367. The molecule has 0 aliphatic carbocycles. The molecule has 5 heteroatoms. The predicted octanol–water partition coefficient (Wildman–Crippen LogP) is 1.10. The molecule has 0 bridgehead atoms. The average Bonchev–Trinajstić information content (AvgIpc) is 2.52. The van der Waals surface area contributed by atoms with E-state index in [0.717, 1.165) is 12.8 Å². The first-order valence-corrected chi connectivity index (χ1v) is 6.95. The van der Waals surface area contributed by atoms with Gasteiger partial charge in [0, 0.05) is 19.5 Å². The summed E-state index contributed by atoms with van der Waals surface area (Å²) in [5.41, 5.74) is 0. The summed E-state index contributed by atoms with van der Waals surface area (Å²) >= 11 is 0. The van der Waals surface area contributed by atoms with Crippen molar-refractivity contribution in [2.24, 2.45) is 0 Å². The lowest BCUT2D eigenvalue weighted by atomic mass is 10.1. The Morgan fingerprint density at radius 3 is 2.95 bits per heavy atom. The molecule has 1 unspecified atom stereocenters. The van der Waals surface area contributed by atoms with Crippen molar-refractivity contribution in [1.82, 2.24) is 10.2 Å². The van der Waals surface area contributed by atoms with Gasteiger partial charge in [-0.15, -0.1) is 6.58 Å². The molecule has 1 fully saturated rings. The number of hydrogen-bond acceptors (Lipinski definition) is 3. The second-order valence-electron chi connectivity index (χ2n) is 4.67. The Balaban J connectivity index is 2.43. The highest BCUT2D eigenvalue weighted by atomic mass is 16.5. The van der Waals surface area contributed by atoms with Crippen LogP contribution in [0.3, 0.4) is 0 Å². The summed E-state index contributed by atoms with van der Waals surface area (Å²) in [5.74, 6) is -0.0260. The number of hydrogen-bond donors (Lipinski definition) is 1. The molecule has 2 amide bonds. The quantitative estimate of drug-likeness (QED) is 0.529. The van der Waals surface area contributed by atoms with Crippen LogP contribution >= 0.6 is 0 Å². The minimum absolute atomic E-state index is 0.0139. The molecule has 1 aliphatic rings. The van der Waals surface area contributed by atoms with Gasteiger partial charge in [-0.25, -0.2) is 0 Å². The lowest BCUT2D eigenvalue weighted by Crippen LogP contribution is -2.45. The van der Waals surface area contributed by atoms with Gasteiger partial charge in [-0.3, -0.25) is 9.59 Å². The summed E-state index contributed by atoms with van der Waals surface area (Å²) in [7, 11) is 0. The second-order valence-corrected chi connectivity index (χ2v) is 4.67. The molecule has 1 N–H and O–H groups in total. The van der Waals surface area contributed by atoms with Crippen molar-refractivity contribution >= 4 is 11.8 Å². The van der Waals surface area contributed by atoms with Gasteiger partial charge in [-0.05, 0) is 12.8 Å². The maximum Gasteiger partial charge on any atom is 0.245 e. The molecule has 0 aromatic carbocycles. The van der Waals surface area contributed by atoms with Gasteiger partial charge >= 0.3 is 0 Å². The van der Waals surface area contributed by atoms with E-state index >= 15 is 0 Å². The summed E-state index contributed by atoms with van der Waals surface area (Å²) in [6.45, 7) is 7.79. The van der Waals surface area contributed by atoms with Crippen molar-refractivity contribution in [3.63, 3.8) is 0 Å². The fraction of sp³-hybridized carbons (Fsp3) is 0.714. The Morgan fingerprint density at radius 1 is 1.47 bits per heavy atom. The Hall–Kier alpha value is -1.36. The van der Waals surface area contributed by atoms with Crippen LogP contribution in [0.2, 0.25) is 0 Å². The molecular formula is C14H24N2O3. The van der Waals surface area contributed by atoms with Crippen LogP contribution in [0, 0.1) is 0 Å². The van der Waals surface area contributed by atoms with Gasteiger partial charge in [-0.1, -0.05) is 19.4 Å². The van der Waals surface area contributed by atoms with E-state index in [2.05, 4.69) is 11.9 Å². The zero-order chi connectivity index (χ0) is 14.1. The van der Waals surface area contributed by atoms with Crippen LogP contribution in [0.4, 0.5) is 0 Å². The van der Waals surface area contributed by atoms with Crippen LogP contribution in [0.15, 0.2) is 12.7 Å². The number of carbonyl (C=O) groups excluding carboxylic acids is 2. The normalized spacial score (nSPS) is 20.1. The third-order valence-corrected chi connectivity index (χ3v) is 3.10. The first-order chi connectivity index (χ1) is 9.19. The van der Waals surface area contributed by atoms with Crippen LogP contribution < -0.4 is 5.32 Å². The Kier molecular flexibility index (Phi) is 7.18. The SMILES string of the molecule is C=CCCOCCN1CCC(=O)NC(CCC)C1=O. The van der Waals surface area contributed by atoms with Gasteiger partial charge in [0.15, 0.2) is 0 Å². The van der Waals surface area contributed by atoms with Gasteiger partial charge in [0.05, 0.1) is 13.2 Å². The zero-order valence-electron chi connectivity index (χ0n) is 11.7. The van der Waals surface area contributed by atoms with E-state index < -0.39 is 0 Å². The number of ether oxygens (including phenoxy) is 1. The first-order valence-electron chi connectivity index (χ1n) is 6.95. The average molecular weight is 268 g/mol. The molecular weight excluding hydrogens is 244 g/mol. The molecule has 19 heavy (non-hydrogen) atoms. The van der Waals surface area contributed by atoms with Gasteiger partial charge in [0.25, 0.3) is 0 Å². The molecule has 1 rings (SSSR count). The monoisotopic (exact) mass is 268 g/mol. The standard InChI is InChI=1S/C14H24N2O3/c1-3-5-10-19-11-9-16-8-7-13(17)15-12(6-4-2)14(16)18/h3,12H,1,4-11H2,2H3,(H,15,17). The van der Waals surface area contributed by atoms with Crippen LogP contribution in [-0.2, 0) is 14.3 Å². The maximum absolute atomic E-state index is 12.2. The number of nitrogens with zero attached hydrogens (tertiary/aromatic N) is 1. The van der Waals surface area contributed by atoms with Crippen LogP contribution in [0.5, 0.6) is 0 Å². The van der Waals surface area contributed by atoms with E-state index in [1.807, 2.05) is 6.92 Å². The van der Waals surface area contributed by atoms with E-state index in [1.54, 1.807) is 11.0 Å². The van der Waals surface area contributed by atoms with Crippen LogP contribution in [0.25, 0.3) is 0 Å². The molecule has 1 aliphatic heterocycles. The lowest BCUT2D eigenvalue weighted by Gasteiger charge is -2.23. The fourth-order valence-electron chi connectivity index (χ4n) is 2.05. The van der Waals surface area contributed by atoms with Crippen LogP contribution in [-0.4, -0.2) is 49.1 Å². The summed E-state index contributed by atoms with van der Waals surface area (Å²) < 4.78 is 5.42. The minimum Gasteiger partial charge on any atom is -0.379 e. The molecule has 0 spiro atoms. The summed E-state index contributed by atoms with van der Waals surface area (Å²) in [6.07, 6.45) is 4.56. The Bertz CT molecular complexity index is 318. The van der Waals surface area contributed by atoms with Crippen molar-refractivity contribution in [2.45, 2.75) is 38.6 Å². The third kappa shape index (κ3) is 5.42. The van der Waals surface area contributed by atoms with E-state index in [9.17, 15) is 9.59 Å². The maximum atomic E-state index is 12.2. The van der Waals surface area contributed by atoms with Gasteiger partial charge < -0.3 is 15.0 Å². The first kappa shape index (κ1) is 15.7. The molecule has 0 saturated carbocycles. The number of nitrogens with one attached hydrogen (secondary N) is 1. The molecule has 0 aromatic heterocycles. The van der Waals surface area contributed by atoms with E-state index in [0.29, 0.717) is 39.1 Å². The summed E-state index contributed by atoms with van der Waals surface area (Å²) in [4.78, 5) is 25.5. The smallest absolute Gasteiger partial charge is 0.245 e. The predicted molar refractivity (Wildman–Crippen MR) is 73.7 cm³/mol. The lowest BCUT2D eigenvalue weighted by molar-refractivity contribution is -0.134. The minimum atomic E-state index is -0.367. The van der Waals surface area contributed by atoms with E-state index in [4.69, 9.17) is 4.74 Å². The number of carbonyl (C=O) groups is 2. The van der Waals surface area contributed by atoms with E-state index in [-0.39, 0.29) is 17.9 Å². The van der Waals surface area contributed by atoms with Gasteiger partial charge in [0.1, 0.15) is 6.04 Å². The summed E-state index contributed by atoms with van der Waals surface area (Å²) in [5, 5.41) is 2.79. The zero-order valence-corrected chi connectivity index (χ0v) is 11.7. The van der Waals surface area contributed by atoms with Crippen molar-refractivity contribution in [2.75, 3.05) is 26.3 Å². The highest BCUT2D eigenvalue weighted by molar-refractivity contribution is 5.89. The number of rotatable bonds is 8. The van der Waals surface area contributed by atoms with Crippen molar-refractivity contribution in [3.05, 3.63) is 12.7 Å². The van der Waals surface area contributed by atoms with Crippen molar-refractivity contribution in [3.8, 4) is 0 Å². The largest absolute Gasteiger partial charge is 0.379 e. The van der Waals surface area contributed by atoms with Crippen molar-refractivity contribution in [1.29, 1.82) is 0 Å². The molecule has 1 saturated heterocycles. The molecule has 1 atom stereocenters. The van der Waals surface area contributed by atoms with Crippen molar-refractivity contribution < 1.29 is 14.3 Å². The fourth-order valence-corrected chi connectivity index (χ4v) is 2.05. The number of amides is 2. The highest BCUT2D eigenvalue weighted by Gasteiger charge is 2.28. The van der Waals surface area contributed by atoms with E-state index in [1.165, 1.54) is 0 Å². The van der Waals surface area contributed by atoms with Gasteiger partial charge in [-0.2, -0.15) is 0 Å². The molecule has 0 aromatic rings. The Morgan fingerprint density at radius 2 is 2.26 bits per heavy atom. The molecule has 108 valence electrons. The second kappa shape index (κ2) is 8.69. The van der Waals surface area contributed by atoms with Crippen LogP contribution in [0.1, 0.15) is 32.6 Å².